The van der Waals surface area contributed by atoms with Crippen molar-refractivity contribution in [3.63, 3.8) is 0 Å². The van der Waals surface area contributed by atoms with Crippen molar-refractivity contribution in [1.29, 1.82) is 0 Å². The first-order valence-electron chi connectivity index (χ1n) is 8.68. The van der Waals surface area contributed by atoms with Crippen LogP contribution in [0.25, 0.3) is 0 Å². The Balaban J connectivity index is 0.00000243. The van der Waals surface area contributed by atoms with Crippen LogP contribution in [-0.2, 0) is 11.2 Å². The van der Waals surface area contributed by atoms with Gasteiger partial charge in [-0.15, -0.1) is 12.4 Å². The minimum absolute atomic E-state index is 0. The number of halogens is 2. The van der Waals surface area contributed by atoms with Gasteiger partial charge in [0.05, 0.1) is 11.1 Å². The Morgan fingerprint density at radius 2 is 2.12 bits per heavy atom. The van der Waals surface area contributed by atoms with Crippen LogP contribution in [0, 0.1) is 0 Å². The fourth-order valence-electron chi connectivity index (χ4n) is 3.26. The van der Waals surface area contributed by atoms with Crippen molar-refractivity contribution in [3.05, 3.63) is 58.6 Å². The van der Waals surface area contributed by atoms with Gasteiger partial charge in [0.2, 0.25) is 0 Å². The molecule has 2 unspecified atom stereocenters. The van der Waals surface area contributed by atoms with Gasteiger partial charge in [-0.1, -0.05) is 36.7 Å². The number of aryl methyl sites for hydroxylation is 1. The monoisotopic (exact) mass is 394 g/mol. The average Bonchev–Trinajstić information content (AvgIpc) is 2.61. The number of ether oxygens (including phenoxy) is 1. The van der Waals surface area contributed by atoms with Crippen LogP contribution in [-0.4, -0.2) is 12.0 Å². The number of carbonyl (C=O) groups is 1. The Kier molecular flexibility index (Phi) is 7.18. The largest absolute Gasteiger partial charge is 0.479 e. The molecule has 1 aliphatic rings. The van der Waals surface area contributed by atoms with Crippen LogP contribution in [0.1, 0.15) is 43.4 Å². The van der Waals surface area contributed by atoms with Crippen molar-refractivity contribution in [2.45, 2.75) is 44.8 Å². The van der Waals surface area contributed by atoms with Crippen LogP contribution >= 0.6 is 24.0 Å². The van der Waals surface area contributed by atoms with E-state index in [4.69, 9.17) is 22.1 Å². The summed E-state index contributed by atoms with van der Waals surface area (Å²) < 4.78 is 5.84. The summed E-state index contributed by atoms with van der Waals surface area (Å²) in [4.78, 5) is 12.7. The summed E-state index contributed by atoms with van der Waals surface area (Å²) in [7, 11) is 0. The van der Waals surface area contributed by atoms with Gasteiger partial charge in [0.25, 0.3) is 5.91 Å². The lowest BCUT2D eigenvalue weighted by molar-refractivity contribution is -0.129. The van der Waals surface area contributed by atoms with Gasteiger partial charge in [0, 0.05) is 5.69 Å². The van der Waals surface area contributed by atoms with Crippen molar-refractivity contribution in [1.82, 2.24) is 5.32 Å². The average molecular weight is 395 g/mol. The summed E-state index contributed by atoms with van der Waals surface area (Å²) in [5, 5.41) is 3.64. The number of nitrogen functional groups attached to an aromatic ring is 1. The van der Waals surface area contributed by atoms with E-state index < -0.39 is 6.10 Å². The number of nitrogens with one attached hydrogen (secondary N) is 1. The fourth-order valence-corrected chi connectivity index (χ4v) is 3.44. The van der Waals surface area contributed by atoms with Gasteiger partial charge < -0.3 is 15.8 Å². The third kappa shape index (κ3) is 4.63. The van der Waals surface area contributed by atoms with E-state index in [0.29, 0.717) is 17.2 Å². The predicted molar refractivity (Wildman–Crippen MR) is 108 cm³/mol. The van der Waals surface area contributed by atoms with Crippen molar-refractivity contribution in [2.75, 3.05) is 5.73 Å². The summed E-state index contributed by atoms with van der Waals surface area (Å²) in [5.41, 5.74) is 9.01. The highest BCUT2D eigenvalue weighted by atomic mass is 35.5. The molecule has 0 spiro atoms. The Morgan fingerprint density at radius 1 is 1.35 bits per heavy atom. The minimum atomic E-state index is -0.570. The molecule has 0 fully saturated rings. The zero-order valence-corrected chi connectivity index (χ0v) is 16.3. The summed E-state index contributed by atoms with van der Waals surface area (Å²) in [6, 6.07) is 13.1. The Labute approximate surface area is 165 Å². The number of anilines is 1. The van der Waals surface area contributed by atoms with Crippen LogP contribution in [0.5, 0.6) is 5.75 Å². The van der Waals surface area contributed by atoms with Gasteiger partial charge in [-0.05, 0) is 61.1 Å². The van der Waals surface area contributed by atoms with Crippen molar-refractivity contribution >= 4 is 35.6 Å². The number of carbonyl (C=O) groups excluding carboxylic acids is 1. The molecule has 0 bridgehead atoms. The van der Waals surface area contributed by atoms with E-state index in [1.807, 2.05) is 37.3 Å². The van der Waals surface area contributed by atoms with Gasteiger partial charge in [-0.3, -0.25) is 4.79 Å². The number of para-hydroxylation sites is 1. The third-order valence-electron chi connectivity index (χ3n) is 4.57. The molecule has 0 aromatic heterocycles. The normalized spacial score (nSPS) is 16.8. The predicted octanol–water partition coefficient (Wildman–Crippen LogP) is 4.70. The molecule has 0 saturated carbocycles. The number of hydrogen-bond donors (Lipinski definition) is 2. The Morgan fingerprint density at radius 3 is 2.85 bits per heavy atom. The molecule has 2 aromatic carbocycles. The van der Waals surface area contributed by atoms with E-state index in [0.717, 1.165) is 30.5 Å². The summed E-state index contributed by atoms with van der Waals surface area (Å²) in [6.07, 6.45) is 2.95. The molecule has 0 heterocycles. The van der Waals surface area contributed by atoms with Gasteiger partial charge in [0.1, 0.15) is 5.75 Å². The highest BCUT2D eigenvalue weighted by Crippen LogP contribution is 2.31. The van der Waals surface area contributed by atoms with Crippen molar-refractivity contribution in [3.8, 4) is 5.75 Å². The second-order valence-corrected chi connectivity index (χ2v) is 6.76. The molecule has 2 atom stereocenters. The first kappa shape index (κ1) is 20.4. The second-order valence-electron chi connectivity index (χ2n) is 6.36. The molecule has 0 radical (unpaired) electrons. The van der Waals surface area contributed by atoms with Crippen molar-refractivity contribution in [2.24, 2.45) is 0 Å². The number of benzene rings is 2. The minimum Gasteiger partial charge on any atom is -0.479 e. The molecule has 3 N–H and O–H groups in total. The number of rotatable bonds is 5. The molecule has 26 heavy (non-hydrogen) atoms. The molecular weight excluding hydrogens is 371 g/mol. The first-order valence-corrected chi connectivity index (χ1v) is 9.06. The Hall–Kier alpha value is -1.91. The van der Waals surface area contributed by atoms with E-state index >= 15 is 0 Å². The quantitative estimate of drug-likeness (QED) is 0.722. The molecule has 3 rings (SSSR count). The van der Waals surface area contributed by atoms with Crippen LogP contribution in [0.15, 0.2) is 42.5 Å². The smallest absolute Gasteiger partial charge is 0.261 e. The molecule has 1 aliphatic carbocycles. The number of nitrogens with two attached hydrogens (primary N) is 1. The third-order valence-corrected chi connectivity index (χ3v) is 4.88. The van der Waals surface area contributed by atoms with Crippen LogP contribution in [0.4, 0.5) is 5.69 Å². The maximum Gasteiger partial charge on any atom is 0.261 e. The van der Waals surface area contributed by atoms with E-state index in [1.54, 1.807) is 12.1 Å². The summed E-state index contributed by atoms with van der Waals surface area (Å²) in [5.74, 6) is 0.417. The fraction of sp³-hybridized carbons (Fsp3) is 0.350. The summed E-state index contributed by atoms with van der Waals surface area (Å²) >= 11 is 6.14. The molecule has 2 aromatic rings. The lowest BCUT2D eigenvalue weighted by Crippen LogP contribution is -2.41. The van der Waals surface area contributed by atoms with Gasteiger partial charge >= 0.3 is 0 Å². The number of fused-ring (bicyclic) bond motifs is 1. The van der Waals surface area contributed by atoms with E-state index in [9.17, 15) is 4.79 Å². The van der Waals surface area contributed by atoms with Gasteiger partial charge in [-0.25, -0.2) is 0 Å². The standard InChI is InChI=1S/C20H23ClN2O2.ClH/c1-2-18(25-19-9-4-3-7-16(19)21)20(24)23-17-8-5-6-13-12-14(22)10-11-15(13)17;/h3-4,7,9-12,17-18H,2,5-6,8,22H2,1H3,(H,23,24);1H. The van der Waals surface area contributed by atoms with Gasteiger partial charge in [-0.2, -0.15) is 0 Å². The maximum atomic E-state index is 12.7. The molecule has 0 saturated heterocycles. The van der Waals surface area contributed by atoms with E-state index in [2.05, 4.69) is 5.32 Å². The first-order chi connectivity index (χ1) is 12.1. The molecule has 0 aliphatic heterocycles. The molecule has 1 amide bonds. The SMILES string of the molecule is CCC(Oc1ccccc1Cl)C(=O)NC1CCCc2cc(N)ccc21.Cl. The summed E-state index contributed by atoms with van der Waals surface area (Å²) in [6.45, 7) is 1.93. The zero-order chi connectivity index (χ0) is 17.8. The second kappa shape index (κ2) is 9.15. The van der Waals surface area contributed by atoms with Crippen LogP contribution in [0.2, 0.25) is 5.02 Å². The van der Waals surface area contributed by atoms with Crippen LogP contribution in [0.3, 0.4) is 0 Å². The van der Waals surface area contributed by atoms with Crippen molar-refractivity contribution < 1.29 is 9.53 Å². The highest BCUT2D eigenvalue weighted by Gasteiger charge is 2.26. The van der Waals surface area contributed by atoms with E-state index in [-0.39, 0.29) is 24.4 Å². The topological polar surface area (TPSA) is 64.3 Å². The molecule has 4 nitrogen and oxygen atoms in total. The molecular formula is C20H24Cl2N2O2. The zero-order valence-electron chi connectivity index (χ0n) is 14.7. The van der Waals surface area contributed by atoms with Gasteiger partial charge in [0.15, 0.2) is 6.10 Å². The Bertz CT molecular complexity index is 767. The lowest BCUT2D eigenvalue weighted by Gasteiger charge is -2.28. The van der Waals surface area contributed by atoms with Crippen LogP contribution < -0.4 is 15.8 Å². The highest BCUT2D eigenvalue weighted by molar-refractivity contribution is 6.32. The lowest BCUT2D eigenvalue weighted by atomic mass is 9.87. The van der Waals surface area contributed by atoms with E-state index in [1.165, 1.54) is 5.56 Å². The number of hydrogen-bond acceptors (Lipinski definition) is 3. The molecule has 140 valence electrons. The molecule has 6 heteroatoms. The number of amides is 1. The maximum absolute atomic E-state index is 12.7.